The van der Waals surface area contributed by atoms with Crippen LogP contribution in [0.3, 0.4) is 0 Å². The fourth-order valence-corrected chi connectivity index (χ4v) is 3.73. The van der Waals surface area contributed by atoms with Gasteiger partial charge in [-0.15, -0.1) is 11.3 Å². The molecule has 1 atom stereocenters. The molecule has 0 radical (unpaired) electrons. The molecule has 2 aliphatic rings. The summed E-state index contributed by atoms with van der Waals surface area (Å²) in [4.78, 5) is 26.9. The van der Waals surface area contributed by atoms with Crippen LogP contribution in [0.5, 0.6) is 0 Å². The molecule has 0 unspecified atom stereocenters. The highest BCUT2D eigenvalue weighted by Crippen LogP contribution is 2.24. The predicted molar refractivity (Wildman–Crippen MR) is 86.6 cm³/mol. The van der Waals surface area contributed by atoms with Crippen LogP contribution in [0.2, 0.25) is 0 Å². The second-order valence-electron chi connectivity index (χ2n) is 5.82. The highest BCUT2D eigenvalue weighted by Gasteiger charge is 2.34. The van der Waals surface area contributed by atoms with E-state index in [-0.39, 0.29) is 37.1 Å². The van der Waals surface area contributed by atoms with Crippen LogP contribution in [0.1, 0.15) is 28.9 Å². The van der Waals surface area contributed by atoms with Crippen LogP contribution in [0, 0.1) is 0 Å². The van der Waals surface area contributed by atoms with Gasteiger partial charge in [-0.2, -0.15) is 0 Å². The molecular formula is C16H22N2O4S. The average Bonchev–Trinajstić information content (AvgIpc) is 3.26. The van der Waals surface area contributed by atoms with E-state index in [1.165, 1.54) is 11.3 Å². The van der Waals surface area contributed by atoms with Gasteiger partial charge in [0.1, 0.15) is 0 Å². The van der Waals surface area contributed by atoms with Gasteiger partial charge in [0.25, 0.3) is 0 Å². The molecule has 0 spiro atoms. The second-order valence-corrected chi connectivity index (χ2v) is 6.77. The molecule has 2 aliphatic heterocycles. The number of hydrogen-bond acceptors (Lipinski definition) is 6. The number of ketones is 1. The van der Waals surface area contributed by atoms with Gasteiger partial charge < -0.3 is 14.8 Å². The lowest BCUT2D eigenvalue weighted by Gasteiger charge is -2.37. The number of piperidine rings is 1. The maximum absolute atomic E-state index is 12.2. The number of Topliss-reactive ketones (excluding diaryl/α,β-unsaturated/α-hetero) is 1. The Morgan fingerprint density at radius 2 is 2.13 bits per heavy atom. The van der Waals surface area contributed by atoms with Crippen molar-refractivity contribution in [3.05, 3.63) is 22.4 Å². The third kappa shape index (κ3) is 4.38. The van der Waals surface area contributed by atoms with Crippen molar-refractivity contribution in [1.82, 2.24) is 10.2 Å². The molecule has 3 rings (SSSR count). The van der Waals surface area contributed by atoms with Crippen LogP contribution >= 0.6 is 11.3 Å². The van der Waals surface area contributed by atoms with E-state index in [0.29, 0.717) is 18.1 Å². The van der Waals surface area contributed by atoms with Crippen molar-refractivity contribution in [2.75, 3.05) is 32.8 Å². The Kier molecular flexibility index (Phi) is 5.77. The van der Waals surface area contributed by atoms with Crippen molar-refractivity contribution in [3.63, 3.8) is 0 Å². The van der Waals surface area contributed by atoms with Crippen molar-refractivity contribution >= 4 is 23.0 Å². The highest BCUT2D eigenvalue weighted by molar-refractivity contribution is 7.12. The number of amides is 1. The number of likely N-dealkylation sites (tertiary alicyclic amines) is 1. The van der Waals surface area contributed by atoms with E-state index in [4.69, 9.17) is 9.47 Å². The first kappa shape index (κ1) is 16.6. The van der Waals surface area contributed by atoms with E-state index < -0.39 is 0 Å². The van der Waals surface area contributed by atoms with Gasteiger partial charge in [-0.3, -0.25) is 14.5 Å². The highest BCUT2D eigenvalue weighted by atomic mass is 32.1. The Bertz CT molecular complexity index is 528. The summed E-state index contributed by atoms with van der Waals surface area (Å²) in [6, 6.07) is 3.74. The summed E-state index contributed by atoms with van der Waals surface area (Å²) in [5, 5.41) is 4.58. The van der Waals surface area contributed by atoms with Crippen LogP contribution in [-0.4, -0.2) is 61.8 Å². The maximum atomic E-state index is 12.2. The fraction of sp³-hybridized carbons (Fsp3) is 0.625. The number of thiophene rings is 1. The number of hydrogen-bond donors (Lipinski definition) is 1. The van der Waals surface area contributed by atoms with Crippen LogP contribution in [0.15, 0.2) is 17.5 Å². The lowest BCUT2D eigenvalue weighted by Crippen LogP contribution is -2.51. The van der Waals surface area contributed by atoms with Crippen molar-refractivity contribution < 1.29 is 19.1 Å². The molecule has 1 aromatic rings. The molecule has 2 saturated heterocycles. The molecule has 0 aromatic carbocycles. The minimum Gasteiger partial charge on any atom is -0.349 e. The van der Waals surface area contributed by atoms with Gasteiger partial charge in [-0.05, 0) is 30.8 Å². The fourth-order valence-electron chi connectivity index (χ4n) is 3.06. The first-order valence-electron chi connectivity index (χ1n) is 8.05. The van der Waals surface area contributed by atoms with Gasteiger partial charge in [0, 0.05) is 0 Å². The van der Waals surface area contributed by atoms with E-state index in [1.54, 1.807) is 6.07 Å². The largest absolute Gasteiger partial charge is 0.349 e. The van der Waals surface area contributed by atoms with Crippen LogP contribution < -0.4 is 5.32 Å². The quantitative estimate of drug-likeness (QED) is 0.791. The van der Waals surface area contributed by atoms with Gasteiger partial charge in [0.05, 0.1) is 37.2 Å². The monoisotopic (exact) mass is 338 g/mol. The Balaban J connectivity index is 1.48. The summed E-state index contributed by atoms with van der Waals surface area (Å²) in [7, 11) is 0. The third-order valence-electron chi connectivity index (χ3n) is 4.21. The van der Waals surface area contributed by atoms with Crippen LogP contribution in [0.25, 0.3) is 0 Å². The average molecular weight is 338 g/mol. The molecule has 6 nitrogen and oxygen atoms in total. The Morgan fingerprint density at radius 3 is 2.87 bits per heavy atom. The van der Waals surface area contributed by atoms with Gasteiger partial charge in [-0.25, -0.2) is 0 Å². The molecule has 1 N–H and O–H groups in total. The van der Waals surface area contributed by atoms with E-state index in [9.17, 15) is 9.59 Å². The number of carbonyl (C=O) groups is 2. The SMILES string of the molecule is O=C(CN1CCCC[C@H]1C1OCCO1)NCC(=O)c1cccs1. The molecule has 2 fully saturated rings. The summed E-state index contributed by atoms with van der Waals surface area (Å²) >= 11 is 1.39. The van der Waals surface area contributed by atoms with Crippen molar-refractivity contribution in [1.29, 1.82) is 0 Å². The van der Waals surface area contributed by atoms with Gasteiger partial charge in [0.15, 0.2) is 12.1 Å². The molecule has 23 heavy (non-hydrogen) atoms. The van der Waals surface area contributed by atoms with E-state index >= 15 is 0 Å². The summed E-state index contributed by atoms with van der Waals surface area (Å²) in [5.41, 5.74) is 0. The van der Waals surface area contributed by atoms with Gasteiger partial charge in [-0.1, -0.05) is 12.5 Å². The van der Waals surface area contributed by atoms with E-state index in [2.05, 4.69) is 10.2 Å². The topological polar surface area (TPSA) is 67.9 Å². The second kappa shape index (κ2) is 8.01. The smallest absolute Gasteiger partial charge is 0.234 e. The Labute approximate surface area is 139 Å². The third-order valence-corrected chi connectivity index (χ3v) is 5.13. The van der Waals surface area contributed by atoms with Crippen molar-refractivity contribution in [2.24, 2.45) is 0 Å². The molecule has 1 aromatic heterocycles. The number of carbonyl (C=O) groups excluding carboxylic acids is 2. The summed E-state index contributed by atoms with van der Waals surface area (Å²) in [6.45, 7) is 2.44. The Morgan fingerprint density at radius 1 is 1.30 bits per heavy atom. The minimum absolute atomic E-state index is 0.0499. The number of nitrogens with zero attached hydrogens (tertiary/aromatic N) is 1. The predicted octanol–water partition coefficient (Wildman–Crippen LogP) is 1.27. The molecule has 0 saturated carbocycles. The molecule has 3 heterocycles. The first-order valence-corrected chi connectivity index (χ1v) is 8.92. The molecule has 0 aliphatic carbocycles. The number of nitrogens with one attached hydrogen (secondary N) is 1. The minimum atomic E-state index is -0.226. The Hall–Kier alpha value is -1.28. The van der Waals surface area contributed by atoms with Crippen molar-refractivity contribution in [2.45, 2.75) is 31.6 Å². The lowest BCUT2D eigenvalue weighted by atomic mass is 10.0. The first-order chi connectivity index (χ1) is 11.2. The number of rotatable bonds is 6. The molecule has 126 valence electrons. The molecule has 7 heteroatoms. The zero-order valence-corrected chi connectivity index (χ0v) is 13.8. The van der Waals surface area contributed by atoms with Gasteiger partial charge >= 0.3 is 0 Å². The van der Waals surface area contributed by atoms with Crippen molar-refractivity contribution in [3.8, 4) is 0 Å². The van der Waals surface area contributed by atoms with Crippen LogP contribution in [-0.2, 0) is 14.3 Å². The molecule has 0 bridgehead atoms. The maximum Gasteiger partial charge on any atom is 0.234 e. The van der Waals surface area contributed by atoms with Gasteiger partial charge in [0.2, 0.25) is 5.91 Å². The number of ether oxygens (including phenoxy) is 2. The molecular weight excluding hydrogens is 316 g/mol. The molecule has 1 amide bonds. The zero-order chi connectivity index (χ0) is 16.1. The summed E-state index contributed by atoms with van der Waals surface area (Å²) in [6.07, 6.45) is 2.95. The summed E-state index contributed by atoms with van der Waals surface area (Å²) < 4.78 is 11.2. The lowest BCUT2D eigenvalue weighted by molar-refractivity contribution is -0.131. The van der Waals surface area contributed by atoms with E-state index in [1.807, 2.05) is 11.4 Å². The van der Waals surface area contributed by atoms with Crippen LogP contribution in [0.4, 0.5) is 0 Å². The summed E-state index contributed by atoms with van der Waals surface area (Å²) in [5.74, 6) is -0.175. The van der Waals surface area contributed by atoms with E-state index in [0.717, 1.165) is 25.8 Å². The normalized spacial score (nSPS) is 23.0. The zero-order valence-electron chi connectivity index (χ0n) is 13.0. The standard InChI is InChI=1S/C16H22N2O4S/c19-13(14-5-3-9-23-14)10-17-15(20)11-18-6-2-1-4-12(18)16-21-7-8-22-16/h3,5,9,12,16H,1-2,4,6-8,10-11H2,(H,17,20)/t12-/m0/s1.